The topological polar surface area (TPSA) is 156 Å². The van der Waals surface area contributed by atoms with Crippen LogP contribution in [-0.2, 0) is 0 Å². The predicted molar refractivity (Wildman–Crippen MR) is 96.6 cm³/mol. The van der Waals surface area contributed by atoms with Gasteiger partial charge in [0.25, 0.3) is 11.6 Å². The van der Waals surface area contributed by atoms with Crippen molar-refractivity contribution in [1.82, 2.24) is 20.6 Å². The van der Waals surface area contributed by atoms with E-state index in [2.05, 4.69) is 30.4 Å². The highest BCUT2D eigenvalue weighted by molar-refractivity contribution is 5.96. The standard InChI is InChI=1S/C15H18N8O4/c1-21-4-6-22(7-5-21)11-3-2-10(8-12(11)23(25)26)9-17-18-15(24)13-14(16)20-27-19-13/h2-3,8-9H,4-7H2,1H3,(H2,16,20)(H,18,24). The van der Waals surface area contributed by atoms with E-state index in [1.54, 1.807) is 12.1 Å². The Kier molecular flexibility index (Phi) is 5.26. The Balaban J connectivity index is 1.73. The van der Waals surface area contributed by atoms with Gasteiger partial charge in [-0.3, -0.25) is 14.9 Å². The largest absolute Gasteiger partial charge is 0.379 e. The molecule has 3 N–H and O–H groups in total. The lowest BCUT2D eigenvalue weighted by molar-refractivity contribution is -0.384. The van der Waals surface area contributed by atoms with E-state index in [1.807, 2.05) is 11.9 Å². The lowest BCUT2D eigenvalue weighted by Gasteiger charge is -2.33. The number of benzene rings is 1. The minimum atomic E-state index is -0.700. The molecule has 0 saturated carbocycles. The number of carbonyl (C=O) groups is 1. The lowest BCUT2D eigenvalue weighted by atomic mass is 10.1. The molecule has 12 nitrogen and oxygen atoms in total. The van der Waals surface area contributed by atoms with Crippen LogP contribution in [-0.4, -0.2) is 65.5 Å². The van der Waals surface area contributed by atoms with E-state index < -0.39 is 10.8 Å². The number of hydrogen-bond acceptors (Lipinski definition) is 10. The van der Waals surface area contributed by atoms with E-state index in [4.69, 9.17) is 5.73 Å². The summed E-state index contributed by atoms with van der Waals surface area (Å²) in [5.74, 6) is -0.858. The number of nitrogen functional groups attached to an aromatic ring is 1. The van der Waals surface area contributed by atoms with Gasteiger partial charge in [0.05, 0.1) is 11.1 Å². The number of nitro groups is 1. The molecule has 1 aliphatic rings. The molecule has 1 aliphatic heterocycles. The minimum absolute atomic E-state index is 0.0141. The average molecular weight is 374 g/mol. The first kappa shape index (κ1) is 18.3. The van der Waals surface area contributed by atoms with Crippen LogP contribution in [0.1, 0.15) is 16.1 Å². The molecule has 0 bridgehead atoms. The summed E-state index contributed by atoms with van der Waals surface area (Å²) in [6.07, 6.45) is 1.29. The molecule has 0 atom stereocenters. The van der Waals surface area contributed by atoms with Gasteiger partial charge in [-0.15, -0.1) is 0 Å². The molecule has 1 fully saturated rings. The molecule has 27 heavy (non-hydrogen) atoms. The second-order valence-electron chi connectivity index (χ2n) is 5.99. The molecule has 0 radical (unpaired) electrons. The molecule has 1 saturated heterocycles. The Hall–Kier alpha value is -3.54. The van der Waals surface area contributed by atoms with Gasteiger partial charge in [0, 0.05) is 37.8 Å². The molecule has 1 aromatic heterocycles. The lowest BCUT2D eigenvalue weighted by Crippen LogP contribution is -2.44. The Morgan fingerprint density at radius 2 is 2.11 bits per heavy atom. The molecule has 3 rings (SSSR count). The van der Waals surface area contributed by atoms with Gasteiger partial charge in [0.15, 0.2) is 0 Å². The Morgan fingerprint density at radius 3 is 2.74 bits per heavy atom. The van der Waals surface area contributed by atoms with Crippen LogP contribution in [0.15, 0.2) is 27.9 Å². The molecule has 2 aromatic rings. The van der Waals surface area contributed by atoms with Crippen molar-refractivity contribution in [3.05, 3.63) is 39.6 Å². The van der Waals surface area contributed by atoms with E-state index in [0.717, 1.165) is 13.1 Å². The summed E-state index contributed by atoms with van der Waals surface area (Å²) in [6, 6.07) is 4.80. The number of nitrogens with one attached hydrogen (secondary N) is 1. The molecule has 1 amide bonds. The van der Waals surface area contributed by atoms with Crippen molar-refractivity contribution in [2.45, 2.75) is 0 Å². The number of hydrogen-bond donors (Lipinski definition) is 2. The zero-order valence-corrected chi connectivity index (χ0v) is 14.5. The number of amides is 1. The molecule has 1 aromatic carbocycles. The van der Waals surface area contributed by atoms with E-state index >= 15 is 0 Å². The van der Waals surface area contributed by atoms with Crippen LogP contribution >= 0.6 is 0 Å². The molecule has 12 heteroatoms. The maximum atomic E-state index is 11.8. The third-order valence-electron chi connectivity index (χ3n) is 4.15. The summed E-state index contributed by atoms with van der Waals surface area (Å²) in [6.45, 7) is 3.11. The highest BCUT2D eigenvalue weighted by atomic mass is 16.6. The fourth-order valence-electron chi connectivity index (χ4n) is 2.65. The zero-order valence-electron chi connectivity index (χ0n) is 14.5. The van der Waals surface area contributed by atoms with Crippen molar-refractivity contribution >= 4 is 29.3 Å². The number of nitro benzene ring substituents is 1. The van der Waals surface area contributed by atoms with E-state index in [0.29, 0.717) is 24.3 Å². The number of piperazine rings is 1. The third kappa shape index (κ3) is 4.17. The van der Waals surface area contributed by atoms with Crippen molar-refractivity contribution in [3.63, 3.8) is 0 Å². The van der Waals surface area contributed by atoms with E-state index in [-0.39, 0.29) is 17.2 Å². The van der Waals surface area contributed by atoms with Crippen LogP contribution in [0, 0.1) is 10.1 Å². The van der Waals surface area contributed by atoms with E-state index in [1.165, 1.54) is 12.3 Å². The molecular weight excluding hydrogens is 356 g/mol. The van der Waals surface area contributed by atoms with Gasteiger partial charge in [0.2, 0.25) is 11.5 Å². The fourth-order valence-corrected chi connectivity index (χ4v) is 2.65. The molecule has 142 valence electrons. The van der Waals surface area contributed by atoms with Crippen molar-refractivity contribution in [2.75, 3.05) is 43.9 Å². The van der Waals surface area contributed by atoms with Crippen LogP contribution in [0.4, 0.5) is 17.2 Å². The van der Waals surface area contributed by atoms with Crippen molar-refractivity contribution < 1.29 is 14.3 Å². The van der Waals surface area contributed by atoms with Crippen molar-refractivity contribution in [2.24, 2.45) is 5.10 Å². The van der Waals surface area contributed by atoms with Gasteiger partial charge in [-0.05, 0) is 23.4 Å². The second-order valence-corrected chi connectivity index (χ2v) is 5.99. The van der Waals surface area contributed by atoms with Crippen LogP contribution in [0.5, 0.6) is 0 Å². The number of carbonyl (C=O) groups excluding carboxylic acids is 1. The van der Waals surface area contributed by atoms with Gasteiger partial charge in [-0.25, -0.2) is 10.1 Å². The maximum absolute atomic E-state index is 11.8. The SMILES string of the molecule is CN1CCN(c2ccc(C=NNC(=O)c3nonc3N)cc2[N+](=O)[O-])CC1. The first-order chi connectivity index (χ1) is 13.0. The van der Waals surface area contributed by atoms with Crippen molar-refractivity contribution in [1.29, 1.82) is 0 Å². The number of aromatic nitrogens is 2. The Labute approximate surface area is 153 Å². The van der Waals surface area contributed by atoms with Crippen LogP contribution < -0.4 is 16.1 Å². The highest BCUT2D eigenvalue weighted by Crippen LogP contribution is 2.29. The molecule has 0 aliphatic carbocycles. The fraction of sp³-hybridized carbons (Fsp3) is 0.333. The number of anilines is 2. The molecular formula is C15H18N8O4. The number of hydrazone groups is 1. The average Bonchev–Trinajstić information content (AvgIpc) is 3.08. The van der Waals surface area contributed by atoms with Gasteiger partial charge in [0.1, 0.15) is 5.69 Å². The molecule has 2 heterocycles. The van der Waals surface area contributed by atoms with Gasteiger partial charge in [-0.1, -0.05) is 6.07 Å². The normalized spacial score (nSPS) is 15.2. The highest BCUT2D eigenvalue weighted by Gasteiger charge is 2.22. The number of likely N-dealkylation sites (N-methyl/N-ethyl adjacent to an activating group) is 1. The maximum Gasteiger partial charge on any atom is 0.297 e. The summed E-state index contributed by atoms with van der Waals surface area (Å²) in [4.78, 5) is 27.0. The van der Waals surface area contributed by atoms with E-state index in [9.17, 15) is 14.9 Å². The Morgan fingerprint density at radius 1 is 1.37 bits per heavy atom. The summed E-state index contributed by atoms with van der Waals surface area (Å²) < 4.78 is 4.33. The number of nitrogens with two attached hydrogens (primary N) is 1. The Bertz CT molecular complexity index is 872. The number of nitrogens with zero attached hydrogens (tertiary/aromatic N) is 6. The summed E-state index contributed by atoms with van der Waals surface area (Å²) in [5.41, 5.74) is 8.44. The van der Waals surface area contributed by atoms with Crippen LogP contribution in [0.2, 0.25) is 0 Å². The van der Waals surface area contributed by atoms with Gasteiger partial charge >= 0.3 is 0 Å². The second kappa shape index (κ2) is 7.78. The molecule has 0 unspecified atom stereocenters. The number of rotatable bonds is 5. The van der Waals surface area contributed by atoms with Crippen LogP contribution in [0.3, 0.4) is 0 Å². The van der Waals surface area contributed by atoms with Gasteiger partial charge < -0.3 is 15.5 Å². The first-order valence-electron chi connectivity index (χ1n) is 8.09. The minimum Gasteiger partial charge on any atom is -0.379 e. The third-order valence-corrected chi connectivity index (χ3v) is 4.15. The molecule has 0 spiro atoms. The monoisotopic (exact) mass is 374 g/mol. The van der Waals surface area contributed by atoms with Crippen molar-refractivity contribution in [3.8, 4) is 0 Å². The van der Waals surface area contributed by atoms with Crippen LogP contribution in [0.25, 0.3) is 0 Å². The summed E-state index contributed by atoms with van der Waals surface area (Å²) in [7, 11) is 2.02. The predicted octanol–water partition coefficient (Wildman–Crippen LogP) is 0.0757. The first-order valence-corrected chi connectivity index (χ1v) is 8.09. The smallest absolute Gasteiger partial charge is 0.297 e. The summed E-state index contributed by atoms with van der Waals surface area (Å²) in [5, 5.41) is 21.9. The van der Waals surface area contributed by atoms with Gasteiger partial charge in [-0.2, -0.15) is 5.10 Å². The zero-order chi connectivity index (χ0) is 19.4. The quantitative estimate of drug-likeness (QED) is 0.420. The summed E-state index contributed by atoms with van der Waals surface area (Å²) >= 11 is 0.